The summed E-state index contributed by atoms with van der Waals surface area (Å²) in [5.74, 6) is -0.00963. The van der Waals surface area contributed by atoms with Crippen molar-refractivity contribution in [3.8, 4) is 0 Å². The lowest BCUT2D eigenvalue weighted by Gasteiger charge is -2.04. The maximum absolute atomic E-state index is 12.1. The number of benzene rings is 1. The molecule has 1 heterocycles. The second-order valence-corrected chi connectivity index (χ2v) is 5.85. The van der Waals surface area contributed by atoms with Gasteiger partial charge in [-0.1, -0.05) is 30.3 Å². The summed E-state index contributed by atoms with van der Waals surface area (Å²) in [7, 11) is -3.35. The minimum Gasteiger partial charge on any atom is -0.245 e. The molecule has 0 unspecified atom stereocenters. The molecule has 0 atom stereocenters. The Bertz CT molecular complexity index is 606. The van der Waals surface area contributed by atoms with Crippen molar-refractivity contribution < 1.29 is 8.42 Å². The minimum atomic E-state index is -3.35. The van der Waals surface area contributed by atoms with Crippen molar-refractivity contribution in [2.75, 3.05) is 0 Å². The Morgan fingerprint density at radius 2 is 1.82 bits per heavy atom. The Labute approximate surface area is 101 Å². The number of aromatic nitrogens is 1. The van der Waals surface area contributed by atoms with Crippen molar-refractivity contribution in [3.05, 3.63) is 59.8 Å². The molecule has 0 aliphatic carbocycles. The van der Waals surface area contributed by atoms with Gasteiger partial charge in [0.05, 0.1) is 5.75 Å². The van der Waals surface area contributed by atoms with Crippen LogP contribution in [-0.4, -0.2) is 13.4 Å². The van der Waals surface area contributed by atoms with E-state index in [1.807, 2.05) is 25.1 Å². The largest absolute Gasteiger partial charge is 0.245 e. The van der Waals surface area contributed by atoms with Crippen molar-refractivity contribution >= 4 is 9.84 Å². The minimum absolute atomic E-state index is 0.00963. The van der Waals surface area contributed by atoms with Crippen molar-refractivity contribution in [1.82, 2.24) is 4.98 Å². The summed E-state index contributed by atoms with van der Waals surface area (Å²) in [6.45, 7) is 1.85. The number of hydrogen-bond donors (Lipinski definition) is 0. The average molecular weight is 247 g/mol. The van der Waals surface area contributed by atoms with E-state index in [-0.39, 0.29) is 10.8 Å². The Morgan fingerprint density at radius 1 is 1.12 bits per heavy atom. The second-order valence-electron chi connectivity index (χ2n) is 3.92. The van der Waals surface area contributed by atoms with E-state index in [1.54, 1.807) is 24.3 Å². The summed E-state index contributed by atoms with van der Waals surface area (Å²) >= 11 is 0. The zero-order valence-electron chi connectivity index (χ0n) is 9.50. The average Bonchev–Trinajstić information content (AvgIpc) is 2.30. The van der Waals surface area contributed by atoms with Gasteiger partial charge in [0.15, 0.2) is 14.9 Å². The first-order chi connectivity index (χ1) is 8.08. The van der Waals surface area contributed by atoms with Crippen LogP contribution in [0.3, 0.4) is 0 Å². The molecule has 0 bridgehead atoms. The van der Waals surface area contributed by atoms with Crippen LogP contribution in [0.5, 0.6) is 0 Å². The van der Waals surface area contributed by atoms with E-state index in [9.17, 15) is 8.42 Å². The highest BCUT2D eigenvalue weighted by atomic mass is 32.2. The number of nitrogens with zero attached hydrogens (tertiary/aromatic N) is 1. The molecule has 2 aromatic rings. The third-order valence-corrected chi connectivity index (χ3v) is 3.98. The van der Waals surface area contributed by atoms with Gasteiger partial charge in [-0.25, -0.2) is 13.4 Å². The maximum Gasteiger partial charge on any atom is 0.199 e. The molecule has 0 amide bonds. The van der Waals surface area contributed by atoms with Crippen LogP contribution in [-0.2, 0) is 15.6 Å². The smallest absolute Gasteiger partial charge is 0.199 e. The molecule has 0 saturated carbocycles. The van der Waals surface area contributed by atoms with Crippen LogP contribution in [0.4, 0.5) is 0 Å². The fraction of sp³-hybridized carbons (Fsp3) is 0.154. The number of hydrogen-bond acceptors (Lipinski definition) is 3. The van der Waals surface area contributed by atoms with Crippen LogP contribution in [0.15, 0.2) is 53.7 Å². The van der Waals surface area contributed by atoms with Gasteiger partial charge in [0.25, 0.3) is 0 Å². The first-order valence-electron chi connectivity index (χ1n) is 5.27. The lowest BCUT2D eigenvalue weighted by molar-refractivity contribution is 0.591. The van der Waals surface area contributed by atoms with Crippen LogP contribution in [0.25, 0.3) is 0 Å². The van der Waals surface area contributed by atoms with Gasteiger partial charge in [-0.2, -0.15) is 0 Å². The summed E-state index contributed by atoms with van der Waals surface area (Å²) in [4.78, 5) is 3.92. The summed E-state index contributed by atoms with van der Waals surface area (Å²) < 4.78 is 24.2. The lowest BCUT2D eigenvalue weighted by atomic mass is 10.2. The maximum atomic E-state index is 12.1. The predicted molar refractivity (Wildman–Crippen MR) is 66.3 cm³/mol. The van der Waals surface area contributed by atoms with Gasteiger partial charge in [0.2, 0.25) is 0 Å². The van der Waals surface area contributed by atoms with Gasteiger partial charge in [0.1, 0.15) is 0 Å². The Morgan fingerprint density at radius 3 is 2.47 bits per heavy atom. The predicted octanol–water partition coefficient (Wildman–Crippen LogP) is 2.36. The molecule has 3 nitrogen and oxygen atoms in total. The zero-order valence-corrected chi connectivity index (χ0v) is 10.3. The molecule has 1 aromatic carbocycles. The van der Waals surface area contributed by atoms with Crippen molar-refractivity contribution in [1.29, 1.82) is 0 Å². The normalized spacial score (nSPS) is 11.4. The molecule has 0 N–H and O–H groups in total. The molecular formula is C13H13NO2S. The van der Waals surface area contributed by atoms with E-state index in [4.69, 9.17) is 0 Å². The molecule has 0 saturated heterocycles. The molecule has 17 heavy (non-hydrogen) atoms. The third kappa shape index (κ3) is 2.91. The van der Waals surface area contributed by atoms with E-state index < -0.39 is 9.84 Å². The van der Waals surface area contributed by atoms with Crippen molar-refractivity contribution in [3.63, 3.8) is 0 Å². The Kier molecular flexibility index (Phi) is 3.24. The summed E-state index contributed by atoms with van der Waals surface area (Å²) in [5.41, 5.74) is 1.67. The van der Waals surface area contributed by atoms with E-state index in [1.165, 1.54) is 6.20 Å². The van der Waals surface area contributed by atoms with E-state index in [0.29, 0.717) is 0 Å². The van der Waals surface area contributed by atoms with Gasteiger partial charge in [0, 0.05) is 6.20 Å². The third-order valence-electron chi connectivity index (χ3n) is 2.41. The second kappa shape index (κ2) is 4.67. The molecular weight excluding hydrogens is 234 g/mol. The van der Waals surface area contributed by atoms with Gasteiger partial charge < -0.3 is 0 Å². The number of pyridine rings is 1. The molecule has 1 aromatic heterocycles. The summed E-state index contributed by atoms with van der Waals surface area (Å²) in [5, 5.41) is 0.140. The van der Waals surface area contributed by atoms with Crippen LogP contribution in [0, 0.1) is 6.92 Å². The molecule has 88 valence electrons. The van der Waals surface area contributed by atoms with E-state index in [2.05, 4.69) is 4.98 Å². The summed E-state index contributed by atoms with van der Waals surface area (Å²) in [6.07, 6.45) is 1.52. The molecule has 0 radical (unpaired) electrons. The highest BCUT2D eigenvalue weighted by Gasteiger charge is 2.16. The molecule has 2 rings (SSSR count). The van der Waals surface area contributed by atoms with Crippen LogP contribution < -0.4 is 0 Å². The monoisotopic (exact) mass is 247 g/mol. The topological polar surface area (TPSA) is 47.0 Å². The van der Waals surface area contributed by atoms with Crippen molar-refractivity contribution in [2.24, 2.45) is 0 Å². The quantitative estimate of drug-likeness (QED) is 0.836. The zero-order chi connectivity index (χ0) is 12.3. The van der Waals surface area contributed by atoms with Gasteiger partial charge in [-0.05, 0) is 30.2 Å². The first-order valence-corrected chi connectivity index (χ1v) is 6.92. The van der Waals surface area contributed by atoms with E-state index in [0.717, 1.165) is 11.1 Å². The fourth-order valence-electron chi connectivity index (χ4n) is 1.55. The van der Waals surface area contributed by atoms with Gasteiger partial charge in [-0.3, -0.25) is 0 Å². The van der Waals surface area contributed by atoms with Crippen LogP contribution in [0.2, 0.25) is 0 Å². The molecule has 0 spiro atoms. The summed E-state index contributed by atoms with van der Waals surface area (Å²) in [6, 6.07) is 12.5. The van der Waals surface area contributed by atoms with E-state index >= 15 is 0 Å². The van der Waals surface area contributed by atoms with Crippen LogP contribution in [0.1, 0.15) is 11.1 Å². The van der Waals surface area contributed by atoms with Gasteiger partial charge in [-0.15, -0.1) is 0 Å². The molecule has 0 fully saturated rings. The molecule has 0 aliphatic rings. The Hall–Kier alpha value is -1.68. The number of rotatable bonds is 3. The molecule has 4 heteroatoms. The lowest BCUT2D eigenvalue weighted by Crippen LogP contribution is -2.07. The molecule has 0 aliphatic heterocycles. The van der Waals surface area contributed by atoms with Crippen molar-refractivity contribution in [2.45, 2.75) is 17.7 Å². The number of sulfone groups is 1. The highest BCUT2D eigenvalue weighted by molar-refractivity contribution is 7.90. The Balaban J connectivity index is 2.32. The number of aryl methyl sites for hydroxylation is 1. The van der Waals surface area contributed by atoms with Crippen LogP contribution >= 0.6 is 0 Å². The standard InChI is InChI=1S/C13H13NO2S/c1-11-7-8-14-13(9-11)17(15,16)10-12-5-3-2-4-6-12/h2-9H,10H2,1H3. The van der Waals surface area contributed by atoms with Gasteiger partial charge >= 0.3 is 0 Å². The fourth-order valence-corrected chi connectivity index (χ4v) is 2.91. The SMILES string of the molecule is Cc1ccnc(S(=O)(=O)Cc2ccccc2)c1. The highest BCUT2D eigenvalue weighted by Crippen LogP contribution is 2.14. The first kappa shape index (κ1) is 11.8.